The Bertz CT molecular complexity index is 606. The molecular weight excluding hydrogens is 256 g/mol. The van der Waals surface area contributed by atoms with Crippen molar-refractivity contribution >= 4 is 22.8 Å². The second-order valence-corrected chi connectivity index (χ2v) is 6.00. The molecule has 0 fully saturated rings. The molecule has 1 N–H and O–H groups in total. The van der Waals surface area contributed by atoms with E-state index in [0.29, 0.717) is 18.8 Å². The van der Waals surface area contributed by atoms with Crippen LogP contribution in [0.25, 0.3) is 0 Å². The summed E-state index contributed by atoms with van der Waals surface area (Å²) in [4.78, 5) is 16.5. The van der Waals surface area contributed by atoms with Gasteiger partial charge in [0, 0.05) is 36.4 Å². The standard InChI is InChI=1S/C15H16N2OS/c1-10-17-12(9-19-10)7-13(18)6-11-8-16-15-5-3-2-4-14(11)15/h2-5,9,11,16H,6-8H2,1H3. The van der Waals surface area contributed by atoms with Crippen LogP contribution in [-0.4, -0.2) is 17.3 Å². The molecule has 1 unspecified atom stereocenters. The number of anilines is 1. The third-order valence-electron chi connectivity index (χ3n) is 3.46. The van der Waals surface area contributed by atoms with Gasteiger partial charge in [-0.25, -0.2) is 4.98 Å². The Kier molecular flexibility index (Phi) is 3.34. The smallest absolute Gasteiger partial charge is 0.139 e. The van der Waals surface area contributed by atoms with Gasteiger partial charge in [-0.05, 0) is 18.6 Å². The predicted octanol–water partition coefficient (Wildman–Crippen LogP) is 3.16. The van der Waals surface area contributed by atoms with Crippen molar-refractivity contribution in [1.82, 2.24) is 4.98 Å². The van der Waals surface area contributed by atoms with Crippen molar-refractivity contribution in [2.45, 2.75) is 25.7 Å². The van der Waals surface area contributed by atoms with Crippen molar-refractivity contribution in [2.75, 3.05) is 11.9 Å². The van der Waals surface area contributed by atoms with Crippen LogP contribution in [0.15, 0.2) is 29.6 Å². The Morgan fingerprint density at radius 2 is 2.32 bits per heavy atom. The Morgan fingerprint density at radius 1 is 1.47 bits per heavy atom. The molecule has 0 saturated carbocycles. The van der Waals surface area contributed by atoms with Gasteiger partial charge >= 0.3 is 0 Å². The summed E-state index contributed by atoms with van der Waals surface area (Å²) in [6, 6.07) is 8.24. The van der Waals surface area contributed by atoms with E-state index in [1.165, 1.54) is 11.3 Å². The number of aryl methyl sites for hydroxylation is 1. The van der Waals surface area contributed by atoms with E-state index >= 15 is 0 Å². The molecule has 1 aromatic carbocycles. The second-order valence-electron chi connectivity index (χ2n) is 4.94. The molecule has 2 heterocycles. The first-order valence-electron chi connectivity index (χ1n) is 6.48. The Hall–Kier alpha value is -1.68. The molecule has 2 aromatic rings. The summed E-state index contributed by atoms with van der Waals surface area (Å²) >= 11 is 1.60. The molecule has 1 atom stereocenters. The number of Topliss-reactive ketones (excluding diaryl/α,β-unsaturated/α-hetero) is 1. The lowest BCUT2D eigenvalue weighted by Gasteiger charge is -2.08. The number of aromatic nitrogens is 1. The van der Waals surface area contributed by atoms with Gasteiger partial charge in [-0.3, -0.25) is 4.79 Å². The molecule has 0 bridgehead atoms. The number of thiazole rings is 1. The first kappa shape index (κ1) is 12.4. The normalized spacial score (nSPS) is 17.0. The second kappa shape index (κ2) is 5.13. The van der Waals surface area contributed by atoms with Crippen molar-refractivity contribution in [2.24, 2.45) is 0 Å². The number of hydrogen-bond donors (Lipinski definition) is 1. The average Bonchev–Trinajstić information content (AvgIpc) is 2.97. The molecule has 1 aromatic heterocycles. The highest BCUT2D eigenvalue weighted by Gasteiger charge is 2.24. The summed E-state index contributed by atoms with van der Waals surface area (Å²) < 4.78 is 0. The van der Waals surface area contributed by atoms with E-state index in [9.17, 15) is 4.79 Å². The number of rotatable bonds is 4. The van der Waals surface area contributed by atoms with Crippen LogP contribution in [0, 0.1) is 6.92 Å². The van der Waals surface area contributed by atoms with E-state index in [4.69, 9.17) is 0 Å². The molecule has 1 aliphatic rings. The summed E-state index contributed by atoms with van der Waals surface area (Å²) in [6.07, 6.45) is 1.06. The topological polar surface area (TPSA) is 42.0 Å². The molecule has 4 heteroatoms. The number of para-hydroxylation sites is 1. The van der Waals surface area contributed by atoms with Gasteiger partial charge in [0.05, 0.1) is 10.7 Å². The van der Waals surface area contributed by atoms with Crippen LogP contribution in [0.1, 0.15) is 28.6 Å². The maximum atomic E-state index is 12.1. The summed E-state index contributed by atoms with van der Waals surface area (Å²) in [5.74, 6) is 0.581. The fourth-order valence-corrected chi connectivity index (χ4v) is 3.19. The van der Waals surface area contributed by atoms with Gasteiger partial charge in [0.1, 0.15) is 5.78 Å². The molecule has 1 aliphatic heterocycles. The highest BCUT2D eigenvalue weighted by molar-refractivity contribution is 7.09. The van der Waals surface area contributed by atoms with Crippen LogP contribution in [0.5, 0.6) is 0 Å². The first-order chi connectivity index (χ1) is 9.22. The van der Waals surface area contributed by atoms with E-state index in [-0.39, 0.29) is 5.78 Å². The van der Waals surface area contributed by atoms with Crippen LogP contribution in [-0.2, 0) is 11.2 Å². The molecule has 0 aliphatic carbocycles. The fraction of sp³-hybridized carbons (Fsp3) is 0.333. The number of carbonyl (C=O) groups excluding carboxylic acids is 1. The summed E-state index contributed by atoms with van der Waals surface area (Å²) in [5.41, 5.74) is 3.35. The molecule has 98 valence electrons. The molecule has 3 nitrogen and oxygen atoms in total. The average molecular weight is 272 g/mol. The maximum Gasteiger partial charge on any atom is 0.139 e. The molecule has 0 amide bonds. The largest absolute Gasteiger partial charge is 0.384 e. The first-order valence-corrected chi connectivity index (χ1v) is 7.36. The minimum atomic E-state index is 0.272. The third-order valence-corrected chi connectivity index (χ3v) is 4.28. The quantitative estimate of drug-likeness (QED) is 0.929. The van der Waals surface area contributed by atoms with Gasteiger partial charge in [0.2, 0.25) is 0 Å². The number of nitrogens with zero attached hydrogens (tertiary/aromatic N) is 1. The van der Waals surface area contributed by atoms with Crippen LogP contribution in [0.3, 0.4) is 0 Å². The van der Waals surface area contributed by atoms with E-state index in [1.807, 2.05) is 24.4 Å². The third kappa shape index (κ3) is 2.68. The zero-order valence-corrected chi connectivity index (χ0v) is 11.7. The van der Waals surface area contributed by atoms with Gasteiger partial charge in [0.25, 0.3) is 0 Å². The predicted molar refractivity (Wildman–Crippen MR) is 77.9 cm³/mol. The van der Waals surface area contributed by atoms with E-state index in [2.05, 4.69) is 22.4 Å². The number of fused-ring (bicyclic) bond motifs is 1. The number of carbonyl (C=O) groups is 1. The number of benzene rings is 1. The van der Waals surface area contributed by atoms with Gasteiger partial charge < -0.3 is 5.32 Å². The van der Waals surface area contributed by atoms with Crippen molar-refractivity contribution in [1.29, 1.82) is 0 Å². The summed E-state index contributed by atoms with van der Waals surface area (Å²) in [7, 11) is 0. The number of nitrogens with one attached hydrogen (secondary N) is 1. The molecule has 0 radical (unpaired) electrons. The van der Waals surface area contributed by atoms with Crippen molar-refractivity contribution in [3.63, 3.8) is 0 Å². The Morgan fingerprint density at radius 3 is 3.11 bits per heavy atom. The highest BCUT2D eigenvalue weighted by atomic mass is 32.1. The minimum Gasteiger partial charge on any atom is -0.384 e. The zero-order chi connectivity index (χ0) is 13.2. The van der Waals surface area contributed by atoms with E-state index < -0.39 is 0 Å². The van der Waals surface area contributed by atoms with Crippen LogP contribution < -0.4 is 5.32 Å². The highest BCUT2D eigenvalue weighted by Crippen LogP contribution is 2.33. The number of hydrogen-bond acceptors (Lipinski definition) is 4. The van der Waals surface area contributed by atoms with Crippen molar-refractivity contribution in [3.05, 3.63) is 45.9 Å². The van der Waals surface area contributed by atoms with E-state index in [0.717, 1.165) is 17.2 Å². The van der Waals surface area contributed by atoms with Crippen LogP contribution in [0.4, 0.5) is 5.69 Å². The minimum absolute atomic E-state index is 0.272. The molecular formula is C15H16N2OS. The summed E-state index contributed by atoms with van der Waals surface area (Å²) in [6.45, 7) is 2.83. The van der Waals surface area contributed by atoms with Gasteiger partial charge in [0.15, 0.2) is 0 Å². The SMILES string of the molecule is Cc1nc(CC(=O)CC2CNc3ccccc32)cs1. The van der Waals surface area contributed by atoms with Gasteiger partial charge in [-0.1, -0.05) is 18.2 Å². The van der Waals surface area contributed by atoms with Crippen molar-refractivity contribution in [3.8, 4) is 0 Å². The molecule has 3 rings (SSSR count). The zero-order valence-electron chi connectivity index (χ0n) is 10.8. The molecule has 0 saturated heterocycles. The van der Waals surface area contributed by atoms with Crippen LogP contribution in [0.2, 0.25) is 0 Å². The maximum absolute atomic E-state index is 12.1. The summed E-state index contributed by atoms with van der Waals surface area (Å²) in [5, 5.41) is 6.36. The monoisotopic (exact) mass is 272 g/mol. The Labute approximate surface area is 116 Å². The lowest BCUT2D eigenvalue weighted by molar-refractivity contribution is -0.118. The van der Waals surface area contributed by atoms with Crippen molar-refractivity contribution < 1.29 is 4.79 Å². The lowest BCUT2D eigenvalue weighted by atomic mass is 9.94. The molecule has 0 spiro atoms. The van der Waals surface area contributed by atoms with Gasteiger partial charge in [-0.15, -0.1) is 11.3 Å². The Balaban J connectivity index is 1.65. The molecule has 19 heavy (non-hydrogen) atoms. The number of ketones is 1. The van der Waals surface area contributed by atoms with E-state index in [1.54, 1.807) is 11.3 Å². The lowest BCUT2D eigenvalue weighted by Crippen LogP contribution is -2.11. The fourth-order valence-electron chi connectivity index (χ4n) is 2.58. The van der Waals surface area contributed by atoms with Gasteiger partial charge in [-0.2, -0.15) is 0 Å². The van der Waals surface area contributed by atoms with Crippen LogP contribution >= 0.6 is 11.3 Å².